The van der Waals surface area contributed by atoms with Crippen molar-refractivity contribution in [2.45, 2.75) is 12.1 Å². The quantitative estimate of drug-likeness (QED) is 0.214. The van der Waals surface area contributed by atoms with Crippen molar-refractivity contribution in [2.75, 3.05) is 12.4 Å². The third-order valence-corrected chi connectivity index (χ3v) is 5.66. The van der Waals surface area contributed by atoms with Crippen LogP contribution in [0.5, 0.6) is 11.5 Å². The number of nitrogens with one attached hydrogen (secondary N) is 1. The van der Waals surface area contributed by atoms with Crippen molar-refractivity contribution in [3.8, 4) is 28.6 Å². The fraction of sp³-hybridized carbons (Fsp3) is 0.120. The molecular weight excluding hydrogens is 450 g/mol. The highest BCUT2D eigenvalue weighted by Gasteiger charge is 2.17. The van der Waals surface area contributed by atoms with E-state index in [9.17, 15) is 9.90 Å². The zero-order valence-corrected chi connectivity index (χ0v) is 19.3. The first-order valence-corrected chi connectivity index (χ1v) is 11.6. The first kappa shape index (κ1) is 23.1. The standard InChI is InChI=1S/C25H23N5O3S/c1-2-33-21-15-9-12-19(23(21)32)16-26-27-22(31)17-34-25-29-28-24(18-10-5-3-6-11-18)30(25)20-13-7-4-8-14-20/h3-16,32H,2,17H2,1H3,(H,27,31)/b26-16+. The maximum absolute atomic E-state index is 12.4. The third-order valence-electron chi connectivity index (χ3n) is 4.74. The Morgan fingerprint density at radius 1 is 1.06 bits per heavy atom. The van der Waals surface area contributed by atoms with Gasteiger partial charge in [-0.2, -0.15) is 5.10 Å². The number of thioether (sulfide) groups is 1. The average molecular weight is 474 g/mol. The summed E-state index contributed by atoms with van der Waals surface area (Å²) in [4.78, 5) is 12.4. The summed E-state index contributed by atoms with van der Waals surface area (Å²) in [5, 5.41) is 23.4. The van der Waals surface area contributed by atoms with Crippen molar-refractivity contribution in [3.63, 3.8) is 0 Å². The molecule has 1 aromatic heterocycles. The molecular formula is C25H23N5O3S. The predicted octanol–water partition coefficient (Wildman–Crippen LogP) is 4.28. The molecule has 0 radical (unpaired) electrons. The van der Waals surface area contributed by atoms with Crippen molar-refractivity contribution in [2.24, 2.45) is 5.10 Å². The number of aromatic hydroxyl groups is 1. The number of carbonyl (C=O) groups excluding carboxylic acids is 1. The molecule has 0 atom stereocenters. The van der Waals surface area contributed by atoms with E-state index in [1.165, 1.54) is 18.0 Å². The molecule has 4 rings (SSSR count). The summed E-state index contributed by atoms with van der Waals surface area (Å²) in [6, 6.07) is 24.6. The third kappa shape index (κ3) is 5.44. The van der Waals surface area contributed by atoms with E-state index in [0.29, 0.717) is 28.9 Å². The fourth-order valence-electron chi connectivity index (χ4n) is 3.20. The van der Waals surface area contributed by atoms with Crippen LogP contribution in [-0.4, -0.2) is 44.4 Å². The van der Waals surface area contributed by atoms with Gasteiger partial charge in [-0.1, -0.05) is 66.4 Å². The molecule has 0 aliphatic rings. The molecule has 2 N–H and O–H groups in total. The molecule has 9 heteroatoms. The molecule has 8 nitrogen and oxygen atoms in total. The maximum atomic E-state index is 12.4. The van der Waals surface area contributed by atoms with Gasteiger partial charge in [0.15, 0.2) is 22.5 Å². The highest BCUT2D eigenvalue weighted by molar-refractivity contribution is 7.99. The summed E-state index contributed by atoms with van der Waals surface area (Å²) in [7, 11) is 0. The topological polar surface area (TPSA) is 102 Å². The molecule has 0 aliphatic carbocycles. The monoisotopic (exact) mass is 473 g/mol. The second-order valence-corrected chi connectivity index (χ2v) is 7.99. The molecule has 0 saturated heterocycles. The van der Waals surface area contributed by atoms with Crippen LogP contribution in [0.15, 0.2) is 89.1 Å². The Hall–Kier alpha value is -4.11. The Morgan fingerprint density at radius 3 is 2.53 bits per heavy atom. The molecule has 4 aromatic rings. The normalized spacial score (nSPS) is 11.0. The van der Waals surface area contributed by atoms with Crippen LogP contribution in [0, 0.1) is 0 Å². The number of ether oxygens (including phenoxy) is 1. The van der Waals surface area contributed by atoms with E-state index in [0.717, 1.165) is 11.3 Å². The SMILES string of the molecule is CCOc1cccc(/C=N/NC(=O)CSc2nnc(-c3ccccc3)n2-c2ccccc2)c1O. The van der Waals surface area contributed by atoms with Crippen LogP contribution >= 0.6 is 11.8 Å². The van der Waals surface area contributed by atoms with Gasteiger partial charge in [-0.15, -0.1) is 10.2 Å². The molecule has 3 aromatic carbocycles. The number of phenolic OH excluding ortho intramolecular Hbond substituents is 1. The zero-order chi connectivity index (χ0) is 23.8. The van der Waals surface area contributed by atoms with Gasteiger partial charge in [-0.05, 0) is 31.2 Å². The zero-order valence-electron chi connectivity index (χ0n) is 18.5. The molecule has 34 heavy (non-hydrogen) atoms. The number of benzene rings is 3. The van der Waals surface area contributed by atoms with Crippen molar-refractivity contribution >= 4 is 23.9 Å². The van der Waals surface area contributed by atoms with Crippen molar-refractivity contribution in [1.82, 2.24) is 20.2 Å². The van der Waals surface area contributed by atoms with Gasteiger partial charge < -0.3 is 9.84 Å². The highest BCUT2D eigenvalue weighted by Crippen LogP contribution is 2.29. The molecule has 0 aliphatic heterocycles. The van der Waals surface area contributed by atoms with Crippen LogP contribution in [0.4, 0.5) is 0 Å². The van der Waals surface area contributed by atoms with Gasteiger partial charge in [0.25, 0.3) is 5.91 Å². The summed E-state index contributed by atoms with van der Waals surface area (Å²) in [5.74, 6) is 0.800. The van der Waals surface area contributed by atoms with Gasteiger partial charge in [0.1, 0.15) is 0 Å². The second-order valence-electron chi connectivity index (χ2n) is 7.05. The Balaban J connectivity index is 1.46. The smallest absolute Gasteiger partial charge is 0.250 e. The van der Waals surface area contributed by atoms with E-state index in [1.54, 1.807) is 18.2 Å². The minimum atomic E-state index is -0.314. The maximum Gasteiger partial charge on any atom is 0.250 e. The highest BCUT2D eigenvalue weighted by atomic mass is 32.2. The lowest BCUT2D eigenvalue weighted by atomic mass is 10.2. The summed E-state index contributed by atoms with van der Waals surface area (Å²) >= 11 is 1.26. The molecule has 0 saturated carbocycles. The van der Waals surface area contributed by atoms with Crippen LogP contribution in [0.3, 0.4) is 0 Å². The number of aromatic nitrogens is 3. The Labute approximate surface area is 201 Å². The lowest BCUT2D eigenvalue weighted by Crippen LogP contribution is -2.20. The predicted molar refractivity (Wildman–Crippen MR) is 133 cm³/mol. The molecule has 172 valence electrons. The second kappa shape index (κ2) is 11.2. The van der Waals surface area contributed by atoms with E-state index >= 15 is 0 Å². The van der Waals surface area contributed by atoms with Gasteiger partial charge in [0, 0.05) is 16.8 Å². The number of nitrogens with zero attached hydrogens (tertiary/aromatic N) is 4. The van der Waals surface area contributed by atoms with Crippen LogP contribution in [0.1, 0.15) is 12.5 Å². The van der Waals surface area contributed by atoms with Crippen LogP contribution in [-0.2, 0) is 4.79 Å². The number of rotatable bonds is 9. The van der Waals surface area contributed by atoms with E-state index in [2.05, 4.69) is 20.7 Å². The first-order chi connectivity index (χ1) is 16.7. The van der Waals surface area contributed by atoms with Crippen molar-refractivity contribution in [1.29, 1.82) is 0 Å². The number of amides is 1. The Bertz CT molecular complexity index is 1280. The van der Waals surface area contributed by atoms with Crippen LogP contribution in [0.2, 0.25) is 0 Å². The summed E-state index contributed by atoms with van der Waals surface area (Å²) in [5.41, 5.74) is 4.74. The summed E-state index contributed by atoms with van der Waals surface area (Å²) in [6.07, 6.45) is 1.38. The first-order valence-electron chi connectivity index (χ1n) is 10.6. The number of hydrogen-bond acceptors (Lipinski definition) is 7. The number of hydrazone groups is 1. The average Bonchev–Trinajstić information content (AvgIpc) is 3.30. The Kier molecular flexibility index (Phi) is 7.56. The fourth-order valence-corrected chi connectivity index (χ4v) is 3.94. The number of phenols is 1. The molecule has 1 heterocycles. The molecule has 0 unspecified atom stereocenters. The minimum Gasteiger partial charge on any atom is -0.504 e. The van der Waals surface area contributed by atoms with E-state index in [1.807, 2.05) is 72.2 Å². The summed E-state index contributed by atoms with van der Waals surface area (Å²) in [6.45, 7) is 2.27. The lowest BCUT2D eigenvalue weighted by Gasteiger charge is -2.10. The lowest BCUT2D eigenvalue weighted by molar-refractivity contribution is -0.118. The van der Waals surface area contributed by atoms with E-state index in [4.69, 9.17) is 4.74 Å². The molecule has 1 amide bonds. The van der Waals surface area contributed by atoms with Gasteiger partial charge in [-0.3, -0.25) is 9.36 Å². The number of para-hydroxylation sites is 2. The van der Waals surface area contributed by atoms with Crippen molar-refractivity contribution in [3.05, 3.63) is 84.4 Å². The van der Waals surface area contributed by atoms with Crippen molar-refractivity contribution < 1.29 is 14.6 Å². The van der Waals surface area contributed by atoms with Crippen LogP contribution in [0.25, 0.3) is 17.1 Å². The largest absolute Gasteiger partial charge is 0.504 e. The number of hydrogen-bond donors (Lipinski definition) is 2. The minimum absolute atomic E-state index is 0.0267. The molecule has 0 spiro atoms. The molecule has 0 fully saturated rings. The van der Waals surface area contributed by atoms with Gasteiger partial charge >= 0.3 is 0 Å². The van der Waals surface area contributed by atoms with Gasteiger partial charge in [0.2, 0.25) is 0 Å². The van der Waals surface area contributed by atoms with Crippen LogP contribution < -0.4 is 10.2 Å². The summed E-state index contributed by atoms with van der Waals surface area (Å²) < 4.78 is 7.28. The van der Waals surface area contributed by atoms with E-state index < -0.39 is 0 Å². The molecule has 0 bridgehead atoms. The van der Waals surface area contributed by atoms with Gasteiger partial charge in [0.05, 0.1) is 18.6 Å². The Morgan fingerprint density at radius 2 is 1.79 bits per heavy atom. The van der Waals surface area contributed by atoms with E-state index in [-0.39, 0.29) is 17.4 Å². The number of carbonyl (C=O) groups is 1. The van der Waals surface area contributed by atoms with Gasteiger partial charge in [-0.25, -0.2) is 5.43 Å².